The summed E-state index contributed by atoms with van der Waals surface area (Å²) in [4.78, 5) is 14.5. The lowest BCUT2D eigenvalue weighted by Gasteiger charge is -2.27. The first-order valence-electron chi connectivity index (χ1n) is 8.34. The third-order valence-electron chi connectivity index (χ3n) is 4.52. The maximum absolute atomic E-state index is 13.0. The van der Waals surface area contributed by atoms with Crippen molar-refractivity contribution in [2.75, 3.05) is 6.61 Å². The molecule has 0 unspecified atom stereocenters. The van der Waals surface area contributed by atoms with Gasteiger partial charge in [-0.25, -0.2) is 0 Å². The van der Waals surface area contributed by atoms with Crippen molar-refractivity contribution in [3.63, 3.8) is 0 Å². The zero-order valence-electron chi connectivity index (χ0n) is 14.0. The molecule has 3 atom stereocenters. The van der Waals surface area contributed by atoms with Gasteiger partial charge in [0.1, 0.15) is 6.61 Å². The summed E-state index contributed by atoms with van der Waals surface area (Å²) in [6, 6.07) is 19.0. The molecule has 5 heteroatoms. The second kappa shape index (κ2) is 7.76. The minimum Gasteiger partial charge on any atom is -0.468 e. The molecule has 0 aliphatic carbocycles. The zero-order chi connectivity index (χ0) is 17.8. The molecule has 0 radical (unpaired) electrons. The normalized spacial score (nSPS) is 19.4. The van der Waals surface area contributed by atoms with Crippen molar-refractivity contribution in [2.24, 2.45) is 5.92 Å². The van der Waals surface area contributed by atoms with Crippen molar-refractivity contribution in [3.05, 3.63) is 71.8 Å². The van der Waals surface area contributed by atoms with E-state index in [1.165, 1.54) is 4.90 Å². The largest absolute Gasteiger partial charge is 0.468 e. The fourth-order valence-electron chi connectivity index (χ4n) is 3.06. The van der Waals surface area contributed by atoms with Crippen LogP contribution in [-0.2, 0) is 16.0 Å². The van der Waals surface area contributed by atoms with E-state index in [1.54, 1.807) is 6.92 Å². The molecule has 1 N–H and O–H groups in total. The van der Waals surface area contributed by atoms with E-state index in [9.17, 15) is 9.90 Å². The molecule has 0 aromatic heterocycles. The van der Waals surface area contributed by atoms with E-state index in [2.05, 4.69) is 0 Å². The first-order chi connectivity index (χ1) is 12.1. The summed E-state index contributed by atoms with van der Waals surface area (Å²) in [5.41, 5.74) is 1.84. The number of carbonyl (C=O) groups is 1. The van der Waals surface area contributed by atoms with E-state index in [0.717, 1.165) is 5.56 Å². The number of rotatable bonds is 5. The molecule has 1 amide bonds. The maximum atomic E-state index is 13.0. The Kier molecular flexibility index (Phi) is 5.46. The number of nitrogens with zero attached hydrogens (tertiary/aromatic N) is 1. The molecule has 1 aliphatic heterocycles. The van der Waals surface area contributed by atoms with Crippen molar-refractivity contribution in [2.45, 2.75) is 25.5 Å². The Morgan fingerprint density at radius 3 is 2.44 bits per heavy atom. The molecule has 4 nitrogen and oxygen atoms in total. The van der Waals surface area contributed by atoms with Crippen LogP contribution in [-0.4, -0.2) is 33.7 Å². The smallest absolute Gasteiger partial charge is 0.266 e. The number of carbonyl (C=O) groups excluding carboxylic acids is 1. The minimum atomic E-state index is -0.880. The summed E-state index contributed by atoms with van der Waals surface area (Å²) in [7, 11) is 0. The molecular formula is C20H21NO3S. The fourth-order valence-corrected chi connectivity index (χ4v) is 3.37. The molecule has 2 aromatic rings. The number of aliphatic hydroxyl groups is 1. The van der Waals surface area contributed by atoms with E-state index < -0.39 is 12.0 Å². The number of benzene rings is 2. The molecule has 0 saturated carbocycles. The Morgan fingerprint density at radius 2 is 1.80 bits per heavy atom. The summed E-state index contributed by atoms with van der Waals surface area (Å²) >= 11 is 5.23. The Labute approximate surface area is 153 Å². The van der Waals surface area contributed by atoms with E-state index in [-0.39, 0.29) is 17.1 Å². The van der Waals surface area contributed by atoms with E-state index in [4.69, 9.17) is 17.0 Å². The molecule has 1 fully saturated rings. The predicted molar refractivity (Wildman–Crippen MR) is 99.9 cm³/mol. The number of aliphatic hydroxyl groups excluding tert-OH is 1. The standard InChI is InChI=1S/C20H21NO3S/c1-14(18(22)16-10-6-3-7-11-16)19(23)21-17(13-24-20(21)25)12-15-8-4-2-5-9-15/h2-11,14,17-18,22H,12-13H2,1H3/t14-,17+,18-/m1/s1. The van der Waals surface area contributed by atoms with Crippen LogP contribution in [0.4, 0.5) is 0 Å². The first kappa shape index (κ1) is 17.6. The van der Waals surface area contributed by atoms with Gasteiger partial charge in [0.25, 0.3) is 5.17 Å². The van der Waals surface area contributed by atoms with Gasteiger partial charge in [-0.1, -0.05) is 67.6 Å². The van der Waals surface area contributed by atoms with Gasteiger partial charge in [0, 0.05) is 0 Å². The first-order valence-corrected chi connectivity index (χ1v) is 8.75. The SMILES string of the molecule is C[C@@H](C(=O)N1C(=S)OC[C@@H]1Cc1ccccc1)[C@@H](O)c1ccccc1. The van der Waals surface area contributed by atoms with Crippen molar-refractivity contribution >= 4 is 23.3 Å². The number of hydrogen-bond acceptors (Lipinski definition) is 4. The average molecular weight is 355 g/mol. The van der Waals surface area contributed by atoms with Gasteiger partial charge >= 0.3 is 0 Å². The van der Waals surface area contributed by atoms with Crippen LogP contribution in [0.25, 0.3) is 0 Å². The van der Waals surface area contributed by atoms with Crippen LogP contribution in [0.3, 0.4) is 0 Å². The van der Waals surface area contributed by atoms with Gasteiger partial charge < -0.3 is 9.84 Å². The van der Waals surface area contributed by atoms with Crippen LogP contribution >= 0.6 is 12.2 Å². The van der Waals surface area contributed by atoms with E-state index in [0.29, 0.717) is 18.6 Å². The second-order valence-electron chi connectivity index (χ2n) is 6.27. The Hall–Kier alpha value is -2.24. The molecule has 0 bridgehead atoms. The summed E-state index contributed by atoms with van der Waals surface area (Å²) < 4.78 is 5.46. The van der Waals surface area contributed by atoms with Crippen LogP contribution in [0.2, 0.25) is 0 Å². The fraction of sp³-hybridized carbons (Fsp3) is 0.300. The topological polar surface area (TPSA) is 49.8 Å². The van der Waals surface area contributed by atoms with Crippen LogP contribution in [0.15, 0.2) is 60.7 Å². The molecule has 2 aromatic carbocycles. The van der Waals surface area contributed by atoms with Gasteiger partial charge in [-0.2, -0.15) is 0 Å². The number of ether oxygens (including phenoxy) is 1. The summed E-state index contributed by atoms with van der Waals surface area (Å²) in [6.07, 6.45) is -0.213. The lowest BCUT2D eigenvalue weighted by atomic mass is 9.95. The Balaban J connectivity index is 1.75. The van der Waals surface area contributed by atoms with Crippen LogP contribution in [0, 0.1) is 5.92 Å². The van der Waals surface area contributed by atoms with Crippen molar-refractivity contribution in [3.8, 4) is 0 Å². The quantitative estimate of drug-likeness (QED) is 0.838. The van der Waals surface area contributed by atoms with Gasteiger partial charge in [-0.3, -0.25) is 9.69 Å². The molecule has 1 heterocycles. The monoisotopic (exact) mass is 355 g/mol. The highest BCUT2D eigenvalue weighted by Crippen LogP contribution is 2.27. The molecule has 3 rings (SSSR count). The van der Waals surface area contributed by atoms with Crippen LogP contribution in [0.5, 0.6) is 0 Å². The maximum Gasteiger partial charge on any atom is 0.266 e. The Bertz CT molecular complexity index is 735. The summed E-state index contributed by atoms with van der Waals surface area (Å²) in [5, 5.41) is 10.7. The number of hydrogen-bond donors (Lipinski definition) is 1. The van der Waals surface area contributed by atoms with E-state index >= 15 is 0 Å². The summed E-state index contributed by atoms with van der Waals surface area (Å²) in [5.74, 6) is -0.819. The molecule has 0 spiro atoms. The average Bonchev–Trinajstić information content (AvgIpc) is 3.01. The lowest BCUT2D eigenvalue weighted by molar-refractivity contribution is -0.135. The van der Waals surface area contributed by atoms with Crippen molar-refractivity contribution in [1.82, 2.24) is 4.90 Å². The Morgan fingerprint density at radius 1 is 1.20 bits per heavy atom. The van der Waals surface area contributed by atoms with Gasteiger partial charge in [0.2, 0.25) is 5.91 Å². The third-order valence-corrected chi connectivity index (χ3v) is 4.83. The van der Waals surface area contributed by atoms with Crippen molar-refractivity contribution in [1.29, 1.82) is 0 Å². The second-order valence-corrected chi connectivity index (χ2v) is 6.62. The van der Waals surface area contributed by atoms with E-state index in [1.807, 2.05) is 60.7 Å². The highest BCUT2D eigenvalue weighted by atomic mass is 32.1. The van der Waals surface area contributed by atoms with Gasteiger partial charge in [0.15, 0.2) is 0 Å². The van der Waals surface area contributed by atoms with Crippen molar-refractivity contribution < 1.29 is 14.6 Å². The van der Waals surface area contributed by atoms with Gasteiger partial charge in [0.05, 0.1) is 18.1 Å². The minimum absolute atomic E-state index is 0.146. The zero-order valence-corrected chi connectivity index (χ0v) is 14.9. The molecule has 130 valence electrons. The molecule has 1 saturated heterocycles. The third kappa shape index (κ3) is 3.89. The summed E-state index contributed by atoms with van der Waals surface area (Å²) in [6.45, 7) is 2.11. The number of thiocarbonyl (C=S) groups is 1. The van der Waals surface area contributed by atoms with Crippen LogP contribution in [0.1, 0.15) is 24.2 Å². The highest BCUT2D eigenvalue weighted by Gasteiger charge is 2.39. The van der Waals surface area contributed by atoms with Gasteiger partial charge in [-0.15, -0.1) is 0 Å². The van der Waals surface area contributed by atoms with Gasteiger partial charge in [-0.05, 0) is 29.8 Å². The lowest BCUT2D eigenvalue weighted by Crippen LogP contribution is -2.44. The number of amides is 1. The predicted octanol–water partition coefficient (Wildman–Crippen LogP) is 3.11. The van der Waals surface area contributed by atoms with Crippen LogP contribution < -0.4 is 0 Å². The molecular weight excluding hydrogens is 334 g/mol. The highest BCUT2D eigenvalue weighted by molar-refractivity contribution is 7.80. The molecule has 1 aliphatic rings. The molecule has 25 heavy (non-hydrogen) atoms.